The molecule has 2 aromatic rings. The molecule has 5 heteroatoms. The zero-order valence-electron chi connectivity index (χ0n) is 15.0. The fourth-order valence-electron chi connectivity index (χ4n) is 2.64. The van der Waals surface area contributed by atoms with E-state index >= 15 is 0 Å². The molecule has 24 heavy (non-hydrogen) atoms. The van der Waals surface area contributed by atoms with E-state index in [0.29, 0.717) is 5.95 Å². The van der Waals surface area contributed by atoms with Crippen molar-refractivity contribution in [1.82, 2.24) is 9.97 Å². The molecule has 0 spiro atoms. The summed E-state index contributed by atoms with van der Waals surface area (Å²) in [4.78, 5) is 11.3. The second-order valence-electron chi connectivity index (χ2n) is 5.75. The summed E-state index contributed by atoms with van der Waals surface area (Å²) in [7, 11) is 1.69. The van der Waals surface area contributed by atoms with Gasteiger partial charge in [-0.15, -0.1) is 0 Å². The topological polar surface area (TPSA) is 50.3 Å². The molecule has 0 atom stereocenters. The molecular weight excluding hydrogens is 300 g/mol. The summed E-state index contributed by atoms with van der Waals surface area (Å²) < 4.78 is 5.26. The van der Waals surface area contributed by atoms with Gasteiger partial charge in [0.05, 0.1) is 7.11 Å². The van der Waals surface area contributed by atoms with Crippen LogP contribution in [-0.2, 0) is 6.42 Å². The number of hydrogen-bond acceptors (Lipinski definition) is 5. The van der Waals surface area contributed by atoms with E-state index in [0.717, 1.165) is 50.5 Å². The van der Waals surface area contributed by atoms with Gasteiger partial charge in [0.2, 0.25) is 5.95 Å². The highest BCUT2D eigenvalue weighted by Crippen LogP contribution is 2.15. The summed E-state index contributed by atoms with van der Waals surface area (Å²) in [5.74, 6) is 2.57. The fourth-order valence-corrected chi connectivity index (χ4v) is 2.64. The van der Waals surface area contributed by atoms with Gasteiger partial charge in [0.25, 0.3) is 0 Å². The molecule has 0 fully saturated rings. The van der Waals surface area contributed by atoms with Crippen molar-refractivity contribution in [2.75, 3.05) is 37.0 Å². The first-order valence-electron chi connectivity index (χ1n) is 8.71. The van der Waals surface area contributed by atoms with Crippen LogP contribution in [0.25, 0.3) is 0 Å². The summed E-state index contributed by atoms with van der Waals surface area (Å²) in [5, 5.41) is 3.32. The molecule has 0 bridgehead atoms. The lowest BCUT2D eigenvalue weighted by Gasteiger charge is -2.22. The molecule has 0 amide bonds. The molecule has 5 nitrogen and oxygen atoms in total. The number of aromatic nitrogens is 2. The van der Waals surface area contributed by atoms with Gasteiger partial charge in [0.1, 0.15) is 11.6 Å². The van der Waals surface area contributed by atoms with E-state index in [1.165, 1.54) is 5.56 Å². The molecule has 0 aliphatic heterocycles. The largest absolute Gasteiger partial charge is 0.497 e. The van der Waals surface area contributed by atoms with Gasteiger partial charge >= 0.3 is 0 Å². The van der Waals surface area contributed by atoms with Gasteiger partial charge in [-0.2, -0.15) is 4.98 Å². The minimum absolute atomic E-state index is 0.688. The molecule has 0 unspecified atom stereocenters. The number of methoxy groups -OCH3 is 1. The molecule has 1 aromatic heterocycles. The van der Waals surface area contributed by atoms with Crippen LogP contribution < -0.4 is 15.0 Å². The number of rotatable bonds is 10. The van der Waals surface area contributed by atoms with Crippen LogP contribution in [0, 0.1) is 0 Å². The maximum atomic E-state index is 5.26. The third-order valence-corrected chi connectivity index (χ3v) is 3.78. The quantitative estimate of drug-likeness (QED) is 0.719. The predicted octanol–water partition coefficient (Wildman–Crippen LogP) is 3.77. The van der Waals surface area contributed by atoms with Crippen molar-refractivity contribution < 1.29 is 4.74 Å². The van der Waals surface area contributed by atoms with E-state index in [4.69, 9.17) is 4.74 Å². The lowest BCUT2D eigenvalue weighted by atomic mass is 10.1. The molecule has 0 aliphatic carbocycles. The number of anilines is 2. The first-order valence-corrected chi connectivity index (χ1v) is 8.71. The van der Waals surface area contributed by atoms with Gasteiger partial charge < -0.3 is 15.0 Å². The number of hydrogen-bond donors (Lipinski definition) is 1. The average Bonchev–Trinajstić information content (AvgIpc) is 2.62. The molecule has 0 aliphatic rings. The second-order valence-corrected chi connectivity index (χ2v) is 5.75. The van der Waals surface area contributed by atoms with Crippen LogP contribution in [0.2, 0.25) is 0 Å². The molecule has 1 N–H and O–H groups in total. The van der Waals surface area contributed by atoms with Gasteiger partial charge in [0, 0.05) is 25.8 Å². The lowest BCUT2D eigenvalue weighted by Crippen LogP contribution is -2.26. The summed E-state index contributed by atoms with van der Waals surface area (Å²) in [6, 6.07) is 10.1. The highest BCUT2D eigenvalue weighted by atomic mass is 16.5. The van der Waals surface area contributed by atoms with E-state index in [1.54, 1.807) is 7.11 Å². The van der Waals surface area contributed by atoms with Crippen LogP contribution >= 0.6 is 0 Å². The average molecular weight is 328 g/mol. The first kappa shape index (κ1) is 18.0. The predicted molar refractivity (Wildman–Crippen MR) is 100 cm³/mol. The molecule has 130 valence electrons. The number of benzene rings is 1. The first-order chi connectivity index (χ1) is 11.8. The van der Waals surface area contributed by atoms with E-state index < -0.39 is 0 Å². The van der Waals surface area contributed by atoms with E-state index in [2.05, 4.69) is 46.2 Å². The zero-order valence-corrected chi connectivity index (χ0v) is 15.0. The highest BCUT2D eigenvalue weighted by Gasteiger charge is 2.07. The number of nitrogens with zero attached hydrogens (tertiary/aromatic N) is 3. The second kappa shape index (κ2) is 9.75. The smallest absolute Gasteiger partial charge is 0.224 e. The molecule has 2 rings (SSSR count). The maximum absolute atomic E-state index is 5.26. The monoisotopic (exact) mass is 328 g/mol. The van der Waals surface area contributed by atoms with Crippen LogP contribution in [0.5, 0.6) is 5.75 Å². The van der Waals surface area contributed by atoms with Gasteiger partial charge in [0.15, 0.2) is 0 Å². The SMILES string of the molecule is CCCN(CCC)c1ccnc(NCCc2cccc(OC)c2)n1. The van der Waals surface area contributed by atoms with E-state index in [-0.39, 0.29) is 0 Å². The molecule has 0 saturated heterocycles. The van der Waals surface area contributed by atoms with Gasteiger partial charge in [-0.1, -0.05) is 26.0 Å². The molecule has 0 radical (unpaired) electrons. The summed E-state index contributed by atoms with van der Waals surface area (Å²) in [6.45, 7) is 7.22. The van der Waals surface area contributed by atoms with Crippen molar-refractivity contribution in [3.05, 3.63) is 42.1 Å². The Bertz CT molecular complexity index is 612. The minimum atomic E-state index is 0.688. The Kier molecular flexibility index (Phi) is 7.33. The lowest BCUT2D eigenvalue weighted by molar-refractivity contribution is 0.414. The van der Waals surface area contributed by atoms with Crippen molar-refractivity contribution >= 4 is 11.8 Å². The summed E-state index contributed by atoms with van der Waals surface area (Å²) in [5.41, 5.74) is 1.23. The number of nitrogens with one attached hydrogen (secondary N) is 1. The Labute approximate surface area is 145 Å². The Morgan fingerprint density at radius 1 is 1.12 bits per heavy atom. The Morgan fingerprint density at radius 3 is 2.62 bits per heavy atom. The van der Waals surface area contributed by atoms with Crippen molar-refractivity contribution in [2.24, 2.45) is 0 Å². The molecule has 1 aromatic carbocycles. The molecule has 0 saturated carbocycles. The number of ether oxygens (including phenoxy) is 1. The van der Waals surface area contributed by atoms with Gasteiger partial charge in [-0.3, -0.25) is 0 Å². The van der Waals surface area contributed by atoms with E-state index in [1.807, 2.05) is 24.4 Å². The fraction of sp³-hybridized carbons (Fsp3) is 0.474. The van der Waals surface area contributed by atoms with Crippen molar-refractivity contribution in [3.8, 4) is 5.75 Å². The summed E-state index contributed by atoms with van der Waals surface area (Å²) in [6.07, 6.45) is 4.96. The minimum Gasteiger partial charge on any atom is -0.497 e. The Hall–Kier alpha value is -2.30. The van der Waals surface area contributed by atoms with Gasteiger partial charge in [-0.25, -0.2) is 4.98 Å². The van der Waals surface area contributed by atoms with Crippen LogP contribution in [0.1, 0.15) is 32.3 Å². The van der Waals surface area contributed by atoms with Crippen molar-refractivity contribution in [3.63, 3.8) is 0 Å². The maximum Gasteiger partial charge on any atom is 0.224 e. The Balaban J connectivity index is 1.93. The summed E-state index contributed by atoms with van der Waals surface area (Å²) >= 11 is 0. The molecule has 1 heterocycles. The third kappa shape index (κ3) is 5.41. The van der Waals surface area contributed by atoms with Crippen LogP contribution in [0.15, 0.2) is 36.5 Å². The zero-order chi connectivity index (χ0) is 17.2. The third-order valence-electron chi connectivity index (χ3n) is 3.78. The van der Waals surface area contributed by atoms with E-state index in [9.17, 15) is 0 Å². The standard InChI is InChI=1S/C19H28N4O/c1-4-13-23(14-5-2)18-10-12-21-19(22-18)20-11-9-16-7-6-8-17(15-16)24-3/h6-8,10,12,15H,4-5,9,11,13-14H2,1-3H3,(H,20,21,22). The van der Waals surface area contributed by atoms with Gasteiger partial charge in [-0.05, 0) is 43.0 Å². The van der Waals surface area contributed by atoms with Crippen LogP contribution in [-0.4, -0.2) is 36.7 Å². The molecular formula is C19H28N4O. The van der Waals surface area contributed by atoms with Crippen molar-refractivity contribution in [1.29, 1.82) is 0 Å². The van der Waals surface area contributed by atoms with Crippen LogP contribution in [0.4, 0.5) is 11.8 Å². The highest BCUT2D eigenvalue weighted by molar-refractivity contribution is 5.42. The normalized spacial score (nSPS) is 10.5. The Morgan fingerprint density at radius 2 is 1.92 bits per heavy atom. The van der Waals surface area contributed by atoms with Crippen LogP contribution in [0.3, 0.4) is 0 Å². The van der Waals surface area contributed by atoms with Crippen molar-refractivity contribution in [2.45, 2.75) is 33.1 Å².